The van der Waals surface area contributed by atoms with Crippen molar-refractivity contribution in [3.05, 3.63) is 82.5 Å². The zero-order valence-electron chi connectivity index (χ0n) is 15.5. The minimum absolute atomic E-state index is 0.0913. The summed E-state index contributed by atoms with van der Waals surface area (Å²) < 4.78 is 7.30. The van der Waals surface area contributed by atoms with Crippen molar-refractivity contribution in [1.82, 2.24) is 4.57 Å². The fourth-order valence-corrected chi connectivity index (χ4v) is 4.09. The van der Waals surface area contributed by atoms with Crippen LogP contribution in [0.3, 0.4) is 0 Å². The summed E-state index contributed by atoms with van der Waals surface area (Å²) in [4.78, 5) is 12.9. The number of thiazole rings is 1. The Morgan fingerprint density at radius 1 is 1.14 bits per heavy atom. The molecule has 1 heterocycles. The fraction of sp³-hybridized carbons (Fsp3) is 0.136. The maximum absolute atomic E-state index is 12.1. The minimum atomic E-state index is 0.0913. The Labute approximate surface area is 167 Å². The Morgan fingerprint density at radius 3 is 2.61 bits per heavy atom. The molecule has 0 bridgehead atoms. The average Bonchev–Trinajstić information content (AvgIpc) is 3.28. The zero-order valence-corrected chi connectivity index (χ0v) is 16.3. The number of Topliss-reactive ketones (excluding diaryl/α,β-unsaturated/α-hetero) is 1. The number of nitrogens with zero attached hydrogens (tertiary/aromatic N) is 3. The molecule has 0 aliphatic heterocycles. The summed E-state index contributed by atoms with van der Waals surface area (Å²) in [6, 6.07) is 15.4. The lowest BCUT2D eigenvalue weighted by Crippen LogP contribution is -2.15. The smallest absolute Gasteiger partial charge is 0.211 e. The molecule has 2 aromatic carbocycles. The lowest BCUT2D eigenvalue weighted by Gasteiger charge is -2.07. The van der Waals surface area contributed by atoms with Gasteiger partial charge in [-0.1, -0.05) is 30.3 Å². The van der Waals surface area contributed by atoms with Crippen LogP contribution in [0.5, 0.6) is 5.75 Å². The quantitative estimate of drug-likeness (QED) is 0.482. The van der Waals surface area contributed by atoms with E-state index in [0.29, 0.717) is 18.7 Å². The number of hydrogen-bond donors (Lipinski definition) is 0. The number of aromatic nitrogens is 1. The third kappa shape index (κ3) is 3.34. The van der Waals surface area contributed by atoms with Crippen LogP contribution in [0, 0.1) is 0 Å². The van der Waals surface area contributed by atoms with E-state index in [1.54, 1.807) is 7.11 Å². The molecular weight excluding hydrogens is 370 g/mol. The van der Waals surface area contributed by atoms with Crippen molar-refractivity contribution >= 4 is 22.8 Å². The van der Waals surface area contributed by atoms with Gasteiger partial charge in [-0.15, -0.1) is 23.0 Å². The van der Waals surface area contributed by atoms with Gasteiger partial charge in [0.05, 0.1) is 24.9 Å². The lowest BCUT2D eigenvalue weighted by atomic mass is 10.1. The van der Waals surface area contributed by atoms with Crippen LogP contribution >= 0.6 is 11.3 Å². The molecule has 0 spiro atoms. The fourth-order valence-electron chi connectivity index (χ4n) is 3.22. The van der Waals surface area contributed by atoms with E-state index < -0.39 is 0 Å². The number of methoxy groups -OCH3 is 1. The monoisotopic (exact) mass is 389 g/mol. The number of fused-ring (bicyclic) bond motifs is 1. The van der Waals surface area contributed by atoms with Gasteiger partial charge in [0.2, 0.25) is 4.80 Å². The topological polar surface area (TPSA) is 55.9 Å². The number of benzene rings is 2. The highest BCUT2D eigenvalue weighted by Gasteiger charge is 2.24. The normalized spacial score (nSPS) is 15.1. The summed E-state index contributed by atoms with van der Waals surface area (Å²) in [6.45, 7) is 4.47. The van der Waals surface area contributed by atoms with Crippen LogP contribution in [-0.2, 0) is 6.54 Å². The minimum Gasteiger partial charge on any atom is -0.497 e. The Bertz CT molecular complexity index is 1140. The Hall–Kier alpha value is -3.25. The first-order valence-corrected chi connectivity index (χ1v) is 9.76. The van der Waals surface area contributed by atoms with Gasteiger partial charge in [-0.05, 0) is 29.8 Å². The van der Waals surface area contributed by atoms with E-state index in [1.165, 1.54) is 11.3 Å². The van der Waals surface area contributed by atoms with Gasteiger partial charge in [-0.2, -0.15) is 5.10 Å². The predicted octanol–water partition coefficient (Wildman–Crippen LogP) is 4.30. The number of carbonyl (C=O) groups is 1. The summed E-state index contributed by atoms with van der Waals surface area (Å²) in [5.41, 5.74) is 4.41. The molecule has 140 valence electrons. The molecule has 0 unspecified atom stereocenters. The second-order valence-corrected chi connectivity index (χ2v) is 7.16. The molecule has 0 amide bonds. The van der Waals surface area contributed by atoms with Crippen LogP contribution < -0.4 is 9.54 Å². The average molecular weight is 389 g/mol. The highest BCUT2D eigenvalue weighted by atomic mass is 32.1. The van der Waals surface area contributed by atoms with E-state index in [2.05, 4.69) is 26.7 Å². The predicted molar refractivity (Wildman–Crippen MR) is 112 cm³/mol. The molecule has 3 aromatic rings. The van der Waals surface area contributed by atoms with Gasteiger partial charge in [0.15, 0.2) is 5.78 Å². The van der Waals surface area contributed by atoms with E-state index in [-0.39, 0.29) is 5.78 Å². The summed E-state index contributed by atoms with van der Waals surface area (Å²) >= 11 is 1.51. The number of hydrogen-bond acceptors (Lipinski definition) is 5. The molecule has 0 fully saturated rings. The molecule has 0 saturated heterocycles. The summed E-state index contributed by atoms with van der Waals surface area (Å²) in [6.07, 6.45) is 2.13. The molecule has 0 radical (unpaired) electrons. The van der Waals surface area contributed by atoms with E-state index in [0.717, 1.165) is 32.9 Å². The summed E-state index contributed by atoms with van der Waals surface area (Å²) in [7, 11) is 1.65. The van der Waals surface area contributed by atoms with Gasteiger partial charge >= 0.3 is 0 Å². The summed E-state index contributed by atoms with van der Waals surface area (Å²) in [5.74, 6) is 0.906. The highest BCUT2D eigenvalue weighted by Crippen LogP contribution is 2.24. The van der Waals surface area contributed by atoms with Gasteiger partial charge in [0.1, 0.15) is 5.75 Å². The molecule has 0 atom stereocenters. The molecule has 6 heteroatoms. The van der Waals surface area contributed by atoms with Gasteiger partial charge in [-0.25, -0.2) is 0 Å². The van der Waals surface area contributed by atoms with Crippen molar-refractivity contribution in [2.45, 2.75) is 13.0 Å². The van der Waals surface area contributed by atoms with E-state index >= 15 is 0 Å². The molecule has 4 rings (SSSR count). The molecule has 0 N–H and O–H groups in total. The maximum atomic E-state index is 12.1. The van der Waals surface area contributed by atoms with Crippen molar-refractivity contribution in [2.24, 2.45) is 10.2 Å². The largest absolute Gasteiger partial charge is 0.497 e. The second-order valence-electron chi connectivity index (χ2n) is 6.32. The molecule has 1 aliphatic carbocycles. The van der Waals surface area contributed by atoms with Crippen LogP contribution in [0.1, 0.15) is 22.3 Å². The van der Waals surface area contributed by atoms with Crippen molar-refractivity contribution in [3.63, 3.8) is 0 Å². The summed E-state index contributed by atoms with van der Waals surface area (Å²) in [5, 5.41) is 10.9. The number of carbonyl (C=O) groups excluding carboxylic acids is 1. The SMILES string of the molecule is C=CCn1c(-c2ccc(OC)cc2)cs/c1=N\N=C1\CC(=O)c2ccccc21. The molecule has 1 aliphatic rings. The lowest BCUT2D eigenvalue weighted by molar-refractivity contribution is 0.101. The Morgan fingerprint density at radius 2 is 1.89 bits per heavy atom. The van der Waals surface area contributed by atoms with Crippen LogP contribution in [0.4, 0.5) is 0 Å². The third-order valence-electron chi connectivity index (χ3n) is 4.62. The first-order chi connectivity index (χ1) is 13.7. The van der Waals surface area contributed by atoms with Crippen molar-refractivity contribution in [1.29, 1.82) is 0 Å². The molecule has 1 aromatic heterocycles. The Kier molecular flexibility index (Phi) is 5.04. The molecule has 28 heavy (non-hydrogen) atoms. The van der Waals surface area contributed by atoms with E-state index in [4.69, 9.17) is 4.74 Å². The number of allylic oxidation sites excluding steroid dienone is 1. The van der Waals surface area contributed by atoms with Crippen molar-refractivity contribution in [2.75, 3.05) is 7.11 Å². The van der Waals surface area contributed by atoms with Gasteiger partial charge in [-0.3, -0.25) is 4.79 Å². The van der Waals surface area contributed by atoms with Crippen LogP contribution in [0.25, 0.3) is 11.3 Å². The van der Waals surface area contributed by atoms with Gasteiger partial charge < -0.3 is 9.30 Å². The number of ketones is 1. The highest BCUT2D eigenvalue weighted by molar-refractivity contribution is 7.07. The number of rotatable bonds is 5. The molecule has 5 nitrogen and oxygen atoms in total. The van der Waals surface area contributed by atoms with Crippen molar-refractivity contribution < 1.29 is 9.53 Å². The maximum Gasteiger partial charge on any atom is 0.211 e. The van der Waals surface area contributed by atoms with Gasteiger partial charge in [0.25, 0.3) is 0 Å². The second kappa shape index (κ2) is 7.78. The first kappa shape index (κ1) is 18.1. The standard InChI is InChI=1S/C22H19N3O2S/c1-3-12-25-20(15-8-10-16(27-2)11-9-15)14-28-22(25)24-23-19-13-21(26)18-7-5-4-6-17(18)19/h3-11,14H,1,12-13H2,2H3/b23-19-,24-22-. The Balaban J connectivity index is 1.75. The number of ether oxygens (including phenoxy) is 1. The van der Waals surface area contributed by atoms with Gasteiger partial charge in [0, 0.05) is 23.1 Å². The van der Waals surface area contributed by atoms with Crippen LogP contribution in [-0.4, -0.2) is 23.2 Å². The molecular formula is C22H19N3O2S. The third-order valence-corrected chi connectivity index (χ3v) is 5.47. The van der Waals surface area contributed by atoms with Crippen LogP contribution in [0.2, 0.25) is 0 Å². The molecule has 0 saturated carbocycles. The van der Waals surface area contributed by atoms with E-state index in [9.17, 15) is 4.79 Å². The zero-order chi connectivity index (χ0) is 19.5. The first-order valence-electron chi connectivity index (χ1n) is 8.88. The van der Waals surface area contributed by atoms with Crippen LogP contribution in [0.15, 0.2) is 76.8 Å². The van der Waals surface area contributed by atoms with E-state index in [1.807, 2.05) is 54.6 Å². The van der Waals surface area contributed by atoms with Crippen molar-refractivity contribution in [3.8, 4) is 17.0 Å².